The van der Waals surface area contributed by atoms with Crippen LogP contribution in [-0.2, 0) is 0 Å². The van der Waals surface area contributed by atoms with Crippen LogP contribution in [0.15, 0.2) is 54.8 Å². The Morgan fingerprint density at radius 1 is 1.31 bits per heavy atom. The summed E-state index contributed by atoms with van der Waals surface area (Å²) in [4.78, 5) is 11.4. The highest BCUT2D eigenvalue weighted by molar-refractivity contribution is 5.81. The Kier molecular flexibility index (Phi) is 5.86. The molecule has 2 amide bonds. The topological polar surface area (TPSA) is 53.2 Å². The number of amides is 2. The zero-order valence-corrected chi connectivity index (χ0v) is 16.2. The summed E-state index contributed by atoms with van der Waals surface area (Å²) in [5, 5.41) is 8.38. The second-order valence-corrected chi connectivity index (χ2v) is 7.17. The molecule has 1 aliphatic heterocycles. The third-order valence-electron chi connectivity index (χ3n) is 5.24. The predicted octanol–water partition coefficient (Wildman–Crippen LogP) is 4.73. The maximum absolute atomic E-state index is 13.9. The quantitative estimate of drug-likeness (QED) is 0.617. The van der Waals surface area contributed by atoms with Crippen LogP contribution in [0.2, 0.25) is 0 Å². The Morgan fingerprint density at radius 3 is 2.66 bits per heavy atom. The molecule has 1 aromatic carbocycles. The summed E-state index contributed by atoms with van der Waals surface area (Å²) >= 11 is 0. The number of hydrogen-bond donors (Lipinski definition) is 3. The molecule has 0 radical (unpaired) electrons. The number of halogens is 3. The van der Waals surface area contributed by atoms with Crippen LogP contribution in [-0.4, -0.2) is 24.5 Å². The number of alkyl halides is 2. The smallest absolute Gasteiger partial charge is 0.319 e. The lowest BCUT2D eigenvalue weighted by Gasteiger charge is -2.23. The Labute approximate surface area is 168 Å². The molecule has 0 saturated carbocycles. The Bertz CT molecular complexity index is 918. The van der Waals surface area contributed by atoms with Crippen LogP contribution in [0.5, 0.6) is 0 Å². The minimum absolute atomic E-state index is 0.118. The van der Waals surface area contributed by atoms with E-state index in [0.29, 0.717) is 29.9 Å². The van der Waals surface area contributed by atoms with Crippen LogP contribution in [0, 0.1) is 5.82 Å². The van der Waals surface area contributed by atoms with Crippen molar-refractivity contribution in [2.24, 2.45) is 0 Å². The van der Waals surface area contributed by atoms with Gasteiger partial charge in [-0.15, -0.1) is 0 Å². The maximum atomic E-state index is 13.9. The van der Waals surface area contributed by atoms with Crippen LogP contribution < -0.4 is 16.0 Å². The number of carbonyl (C=O) groups is 1. The van der Waals surface area contributed by atoms with E-state index in [2.05, 4.69) is 29.1 Å². The van der Waals surface area contributed by atoms with Gasteiger partial charge in [0.05, 0.1) is 6.04 Å². The lowest BCUT2D eigenvalue weighted by atomic mass is 9.87. The number of nitrogens with one attached hydrogen (secondary N) is 3. The zero-order chi connectivity index (χ0) is 21.2. The minimum atomic E-state index is -2.80. The fraction of sp³-hybridized carbons (Fsp3) is 0.318. The molecule has 1 fully saturated rings. The standard InChI is InChI=1S/C22H24F3N3O/c1-4-22(24,25)16-7-5-15(6-8-16)18-10-9-17(23)11-19(18)13(2)26-12-20-14(3)27-21(29)28-20/h5,7,9-11,20,26H,2-4,6,8,12H2,1H3,(H2,27,28,29). The summed E-state index contributed by atoms with van der Waals surface area (Å²) in [5.41, 5.74) is 3.28. The molecule has 4 nitrogen and oxygen atoms in total. The number of hydrogen-bond acceptors (Lipinski definition) is 2. The van der Waals surface area contributed by atoms with E-state index in [-0.39, 0.29) is 30.5 Å². The second kappa shape index (κ2) is 8.19. The monoisotopic (exact) mass is 403 g/mol. The highest BCUT2D eigenvalue weighted by Gasteiger charge is 2.32. The van der Waals surface area contributed by atoms with Crippen molar-refractivity contribution in [1.29, 1.82) is 0 Å². The van der Waals surface area contributed by atoms with Crippen LogP contribution in [0.25, 0.3) is 11.3 Å². The molecule has 1 unspecified atom stereocenters. The molecule has 1 aromatic rings. The van der Waals surface area contributed by atoms with Crippen molar-refractivity contribution in [3.8, 4) is 0 Å². The van der Waals surface area contributed by atoms with Gasteiger partial charge < -0.3 is 16.0 Å². The predicted molar refractivity (Wildman–Crippen MR) is 109 cm³/mol. The highest BCUT2D eigenvalue weighted by atomic mass is 19.3. The van der Waals surface area contributed by atoms with Gasteiger partial charge in [-0.1, -0.05) is 38.3 Å². The fourth-order valence-corrected chi connectivity index (χ4v) is 3.45. The van der Waals surface area contributed by atoms with Crippen molar-refractivity contribution in [1.82, 2.24) is 16.0 Å². The lowest BCUT2D eigenvalue weighted by Crippen LogP contribution is -2.35. The Balaban J connectivity index is 1.80. The van der Waals surface area contributed by atoms with Crippen LogP contribution in [0.1, 0.15) is 37.3 Å². The average Bonchev–Trinajstić information content (AvgIpc) is 3.03. The first-order valence-corrected chi connectivity index (χ1v) is 9.48. The summed E-state index contributed by atoms with van der Waals surface area (Å²) in [7, 11) is 0. The average molecular weight is 403 g/mol. The molecule has 3 N–H and O–H groups in total. The molecule has 0 aromatic heterocycles. The third-order valence-corrected chi connectivity index (χ3v) is 5.24. The second-order valence-electron chi connectivity index (χ2n) is 7.17. The van der Waals surface area contributed by atoms with E-state index in [0.717, 1.165) is 11.1 Å². The first kappa shape index (κ1) is 20.8. The molecule has 1 aliphatic carbocycles. The van der Waals surface area contributed by atoms with Gasteiger partial charge in [0.2, 0.25) is 0 Å². The molecule has 3 rings (SSSR count). The van der Waals surface area contributed by atoms with Gasteiger partial charge in [-0.3, -0.25) is 0 Å². The van der Waals surface area contributed by atoms with Gasteiger partial charge in [0.25, 0.3) is 5.92 Å². The first-order valence-electron chi connectivity index (χ1n) is 9.48. The van der Waals surface area contributed by atoms with Gasteiger partial charge >= 0.3 is 6.03 Å². The molecule has 154 valence electrons. The molecular weight excluding hydrogens is 379 g/mol. The molecule has 29 heavy (non-hydrogen) atoms. The van der Waals surface area contributed by atoms with E-state index >= 15 is 0 Å². The molecule has 1 saturated heterocycles. The number of rotatable bonds is 7. The van der Waals surface area contributed by atoms with E-state index in [1.165, 1.54) is 25.1 Å². The number of allylic oxidation sites excluding steroid dienone is 4. The summed E-state index contributed by atoms with van der Waals surface area (Å²) < 4.78 is 41.8. The van der Waals surface area contributed by atoms with Crippen LogP contribution in [0.4, 0.5) is 18.0 Å². The molecule has 7 heteroatoms. The Hall–Kier alpha value is -2.96. The van der Waals surface area contributed by atoms with E-state index in [1.54, 1.807) is 12.1 Å². The van der Waals surface area contributed by atoms with E-state index in [9.17, 15) is 18.0 Å². The SMILES string of the molecule is C=C(NCC1NC(=O)NC1=C)c1cc(F)ccc1C1=CC=C(C(F)(F)CC)CC1. The number of benzene rings is 1. The molecule has 0 spiro atoms. The van der Waals surface area contributed by atoms with Gasteiger partial charge in [-0.25, -0.2) is 18.0 Å². The van der Waals surface area contributed by atoms with E-state index in [4.69, 9.17) is 0 Å². The summed E-state index contributed by atoms with van der Waals surface area (Å²) in [5.74, 6) is -3.22. The molecule has 0 bridgehead atoms. The minimum Gasteiger partial charge on any atom is -0.383 e. The molecular formula is C22H24F3N3O. The summed E-state index contributed by atoms with van der Waals surface area (Å²) in [6, 6.07) is 3.71. The normalized spacial score (nSPS) is 19.2. The summed E-state index contributed by atoms with van der Waals surface area (Å²) in [6.45, 7) is 9.56. The number of urea groups is 1. The third kappa shape index (κ3) is 4.55. The van der Waals surface area contributed by atoms with Gasteiger partial charge in [-0.2, -0.15) is 0 Å². The van der Waals surface area contributed by atoms with Crippen molar-refractivity contribution in [3.63, 3.8) is 0 Å². The first-order chi connectivity index (χ1) is 13.7. The zero-order valence-electron chi connectivity index (χ0n) is 16.2. The Morgan fingerprint density at radius 2 is 2.07 bits per heavy atom. The van der Waals surface area contributed by atoms with Gasteiger partial charge in [-0.05, 0) is 41.7 Å². The van der Waals surface area contributed by atoms with Gasteiger partial charge in [0, 0.05) is 29.9 Å². The molecule has 1 heterocycles. The molecule has 2 aliphatic rings. The summed E-state index contributed by atoms with van der Waals surface area (Å²) in [6.07, 6.45) is 3.60. The fourth-order valence-electron chi connectivity index (χ4n) is 3.45. The lowest BCUT2D eigenvalue weighted by molar-refractivity contribution is 0.0340. The van der Waals surface area contributed by atoms with Crippen LogP contribution >= 0.6 is 0 Å². The van der Waals surface area contributed by atoms with Crippen molar-refractivity contribution < 1.29 is 18.0 Å². The molecule has 1 atom stereocenters. The van der Waals surface area contributed by atoms with Crippen molar-refractivity contribution >= 4 is 17.3 Å². The highest BCUT2D eigenvalue weighted by Crippen LogP contribution is 2.38. The van der Waals surface area contributed by atoms with Crippen molar-refractivity contribution in [2.45, 2.75) is 38.2 Å². The van der Waals surface area contributed by atoms with Gasteiger partial charge in [0.15, 0.2) is 0 Å². The van der Waals surface area contributed by atoms with E-state index < -0.39 is 11.7 Å². The van der Waals surface area contributed by atoms with Crippen molar-refractivity contribution in [3.05, 3.63) is 71.7 Å². The van der Waals surface area contributed by atoms with Crippen molar-refractivity contribution in [2.75, 3.05) is 6.54 Å². The largest absolute Gasteiger partial charge is 0.383 e. The maximum Gasteiger partial charge on any atom is 0.319 e. The van der Waals surface area contributed by atoms with E-state index in [1.807, 2.05) is 0 Å². The van der Waals surface area contributed by atoms with Gasteiger partial charge in [0.1, 0.15) is 5.82 Å². The van der Waals surface area contributed by atoms with Crippen LogP contribution in [0.3, 0.4) is 0 Å². The number of carbonyl (C=O) groups excluding carboxylic acids is 1.